The van der Waals surface area contributed by atoms with Crippen LogP contribution in [0.1, 0.15) is 96.7 Å². The molecule has 0 saturated heterocycles. The zero-order valence-electron chi connectivity index (χ0n) is 23.0. The van der Waals surface area contributed by atoms with Crippen molar-refractivity contribution in [2.24, 2.45) is 11.3 Å². The summed E-state index contributed by atoms with van der Waals surface area (Å²) in [6, 6.07) is 18.1. The van der Waals surface area contributed by atoms with E-state index in [1.807, 2.05) is 49.4 Å². The fourth-order valence-electron chi connectivity index (χ4n) is 7.08. The van der Waals surface area contributed by atoms with Gasteiger partial charge in [-0.1, -0.05) is 75.7 Å². The SMILES string of the molecule is COC(=O)[C@]1(C)CCC[C@]2(C)c3cc(C(=O)/C=C/c4cccc5ccccc45)c(C(C)C)cc3C(=O)CC12. The largest absolute Gasteiger partial charge is 0.469 e. The van der Waals surface area contributed by atoms with E-state index in [0.717, 1.165) is 40.3 Å². The van der Waals surface area contributed by atoms with Crippen molar-refractivity contribution in [2.45, 2.75) is 64.7 Å². The Hall–Kier alpha value is -3.53. The van der Waals surface area contributed by atoms with E-state index < -0.39 is 10.8 Å². The van der Waals surface area contributed by atoms with Crippen molar-refractivity contribution >= 4 is 34.4 Å². The van der Waals surface area contributed by atoms with Crippen LogP contribution in [0.5, 0.6) is 0 Å². The molecule has 0 amide bonds. The van der Waals surface area contributed by atoms with Crippen LogP contribution in [0.25, 0.3) is 16.8 Å². The molecular formula is C34H36O4. The molecule has 1 saturated carbocycles. The second-order valence-corrected chi connectivity index (χ2v) is 11.8. The molecule has 0 N–H and O–H groups in total. The van der Waals surface area contributed by atoms with E-state index in [-0.39, 0.29) is 29.4 Å². The lowest BCUT2D eigenvalue weighted by molar-refractivity contribution is -0.160. The predicted molar refractivity (Wildman–Crippen MR) is 152 cm³/mol. The average Bonchev–Trinajstić information content (AvgIpc) is 2.92. The van der Waals surface area contributed by atoms with Gasteiger partial charge < -0.3 is 4.74 Å². The Bertz CT molecular complexity index is 1470. The van der Waals surface area contributed by atoms with Gasteiger partial charge in [0.25, 0.3) is 0 Å². The summed E-state index contributed by atoms with van der Waals surface area (Å²) in [5.41, 5.74) is 2.99. The molecule has 1 unspecified atom stereocenters. The predicted octanol–water partition coefficient (Wildman–Crippen LogP) is 7.68. The molecule has 0 aliphatic heterocycles. The van der Waals surface area contributed by atoms with Gasteiger partial charge >= 0.3 is 5.97 Å². The minimum atomic E-state index is -0.732. The number of rotatable bonds is 5. The van der Waals surface area contributed by atoms with Gasteiger partial charge in [0.1, 0.15) is 0 Å². The van der Waals surface area contributed by atoms with Crippen LogP contribution in [0.15, 0.2) is 60.7 Å². The highest BCUT2D eigenvalue weighted by Crippen LogP contribution is 2.58. The molecule has 4 nitrogen and oxygen atoms in total. The van der Waals surface area contributed by atoms with Crippen molar-refractivity contribution in [3.8, 4) is 0 Å². The van der Waals surface area contributed by atoms with Gasteiger partial charge in [-0.2, -0.15) is 0 Å². The molecule has 196 valence electrons. The van der Waals surface area contributed by atoms with Crippen LogP contribution in [0.2, 0.25) is 0 Å². The number of carbonyl (C=O) groups excluding carboxylic acids is 3. The molecule has 2 aliphatic rings. The molecular weight excluding hydrogens is 472 g/mol. The summed E-state index contributed by atoms with van der Waals surface area (Å²) < 4.78 is 5.21. The van der Waals surface area contributed by atoms with Gasteiger partial charge in [-0.15, -0.1) is 0 Å². The number of esters is 1. The smallest absolute Gasteiger partial charge is 0.311 e. The third kappa shape index (κ3) is 4.11. The van der Waals surface area contributed by atoms with E-state index in [2.05, 4.69) is 39.0 Å². The maximum atomic E-state index is 13.7. The number of Topliss-reactive ketones (excluding diaryl/α,β-unsaturated/α-hetero) is 1. The van der Waals surface area contributed by atoms with E-state index in [1.54, 1.807) is 6.08 Å². The number of hydrogen-bond donors (Lipinski definition) is 0. The number of methoxy groups -OCH3 is 1. The van der Waals surface area contributed by atoms with Crippen LogP contribution < -0.4 is 0 Å². The summed E-state index contributed by atoms with van der Waals surface area (Å²) in [4.78, 5) is 40.2. The molecule has 0 radical (unpaired) electrons. The lowest BCUT2D eigenvalue weighted by Crippen LogP contribution is -2.53. The highest BCUT2D eigenvalue weighted by molar-refractivity contribution is 6.10. The highest BCUT2D eigenvalue weighted by Gasteiger charge is 2.57. The number of ketones is 2. The minimum absolute atomic E-state index is 0.0479. The molecule has 3 aromatic carbocycles. The van der Waals surface area contributed by atoms with Crippen molar-refractivity contribution in [3.63, 3.8) is 0 Å². The van der Waals surface area contributed by atoms with Gasteiger partial charge in [0, 0.05) is 17.5 Å². The molecule has 3 atom stereocenters. The Morgan fingerprint density at radius 1 is 1.03 bits per heavy atom. The molecule has 38 heavy (non-hydrogen) atoms. The maximum absolute atomic E-state index is 13.7. The highest BCUT2D eigenvalue weighted by atomic mass is 16.5. The van der Waals surface area contributed by atoms with Crippen LogP contribution in [0.4, 0.5) is 0 Å². The van der Waals surface area contributed by atoms with Gasteiger partial charge in [0.15, 0.2) is 11.6 Å². The van der Waals surface area contributed by atoms with E-state index in [9.17, 15) is 14.4 Å². The normalized spacial score (nSPS) is 24.9. The van der Waals surface area contributed by atoms with Crippen LogP contribution in [-0.4, -0.2) is 24.6 Å². The van der Waals surface area contributed by atoms with Crippen molar-refractivity contribution < 1.29 is 19.1 Å². The van der Waals surface area contributed by atoms with Gasteiger partial charge in [0.2, 0.25) is 0 Å². The Morgan fingerprint density at radius 3 is 2.50 bits per heavy atom. The van der Waals surface area contributed by atoms with Gasteiger partial charge in [0.05, 0.1) is 12.5 Å². The average molecular weight is 509 g/mol. The number of ether oxygens (including phenoxy) is 1. The lowest BCUT2D eigenvalue weighted by atomic mass is 9.49. The lowest BCUT2D eigenvalue weighted by Gasteiger charge is -2.53. The van der Waals surface area contributed by atoms with Gasteiger partial charge in [-0.05, 0) is 82.7 Å². The van der Waals surface area contributed by atoms with Crippen molar-refractivity contribution in [2.75, 3.05) is 7.11 Å². The Balaban J connectivity index is 1.61. The summed E-state index contributed by atoms with van der Waals surface area (Å²) >= 11 is 0. The fraction of sp³-hybridized carbons (Fsp3) is 0.382. The van der Waals surface area contributed by atoms with Crippen molar-refractivity contribution in [1.82, 2.24) is 0 Å². The van der Waals surface area contributed by atoms with Crippen LogP contribution >= 0.6 is 0 Å². The minimum Gasteiger partial charge on any atom is -0.469 e. The Kier molecular flexibility index (Phi) is 6.63. The van der Waals surface area contributed by atoms with Crippen LogP contribution in [-0.2, 0) is 14.9 Å². The molecule has 0 bridgehead atoms. The number of allylic oxidation sites excluding steroid dienone is 1. The molecule has 0 spiro atoms. The molecule has 5 rings (SSSR count). The fourth-order valence-corrected chi connectivity index (χ4v) is 7.08. The summed E-state index contributed by atoms with van der Waals surface area (Å²) in [5.74, 6) is -0.371. The van der Waals surface area contributed by atoms with Gasteiger partial charge in [-0.3, -0.25) is 14.4 Å². The van der Waals surface area contributed by atoms with E-state index in [4.69, 9.17) is 4.74 Å². The monoisotopic (exact) mass is 508 g/mol. The summed E-state index contributed by atoms with van der Waals surface area (Å²) in [6.45, 7) is 8.22. The first-order chi connectivity index (χ1) is 18.1. The Labute approximate surface area is 225 Å². The zero-order chi connectivity index (χ0) is 27.2. The summed E-state index contributed by atoms with van der Waals surface area (Å²) in [7, 11) is 1.42. The van der Waals surface area contributed by atoms with Crippen LogP contribution in [0.3, 0.4) is 0 Å². The first-order valence-corrected chi connectivity index (χ1v) is 13.6. The third-order valence-corrected chi connectivity index (χ3v) is 9.20. The number of fused-ring (bicyclic) bond motifs is 4. The van der Waals surface area contributed by atoms with E-state index >= 15 is 0 Å². The first kappa shape index (κ1) is 26.1. The van der Waals surface area contributed by atoms with Crippen molar-refractivity contribution in [3.05, 3.63) is 88.5 Å². The van der Waals surface area contributed by atoms with E-state index in [0.29, 0.717) is 24.0 Å². The van der Waals surface area contributed by atoms with E-state index in [1.165, 1.54) is 7.11 Å². The molecule has 4 heteroatoms. The maximum Gasteiger partial charge on any atom is 0.311 e. The standard InChI is InChI=1S/C34H36O4/c1-21(2)25-18-27-28(33(3)16-9-17-34(4,32(37)38-5)31(33)20-30(27)36)19-26(25)29(35)15-14-23-12-8-11-22-10-6-7-13-24(22)23/h6-8,10-15,18-19,21,31H,9,16-17,20H2,1-5H3/b15-14+/t31?,33-,34-/m1/s1. The number of hydrogen-bond acceptors (Lipinski definition) is 4. The molecule has 1 fully saturated rings. The number of benzene rings is 3. The molecule has 3 aromatic rings. The molecule has 0 aromatic heterocycles. The molecule has 0 heterocycles. The third-order valence-electron chi connectivity index (χ3n) is 9.20. The topological polar surface area (TPSA) is 60.4 Å². The molecule has 2 aliphatic carbocycles. The zero-order valence-corrected chi connectivity index (χ0v) is 23.0. The van der Waals surface area contributed by atoms with Gasteiger partial charge in [-0.25, -0.2) is 0 Å². The Morgan fingerprint density at radius 2 is 1.76 bits per heavy atom. The van der Waals surface area contributed by atoms with Crippen molar-refractivity contribution in [1.29, 1.82) is 0 Å². The quantitative estimate of drug-likeness (QED) is 0.201. The number of carbonyl (C=O) groups is 3. The first-order valence-electron chi connectivity index (χ1n) is 13.6. The second kappa shape index (κ2) is 9.65. The summed E-state index contributed by atoms with van der Waals surface area (Å²) in [6.07, 6.45) is 6.29. The summed E-state index contributed by atoms with van der Waals surface area (Å²) in [5, 5.41) is 2.22. The van der Waals surface area contributed by atoms with Crippen LogP contribution in [0, 0.1) is 11.3 Å². The second-order valence-electron chi connectivity index (χ2n) is 11.8.